The van der Waals surface area contributed by atoms with Crippen molar-refractivity contribution in [2.45, 2.75) is 18.8 Å². The summed E-state index contributed by atoms with van der Waals surface area (Å²) in [5.74, 6) is 1.09. The molecule has 5 rings (SSSR count). The van der Waals surface area contributed by atoms with Crippen molar-refractivity contribution in [2.24, 2.45) is 4.99 Å². The minimum absolute atomic E-state index is 0.165. The van der Waals surface area contributed by atoms with E-state index in [1.54, 1.807) is 23.2 Å². The zero-order valence-corrected chi connectivity index (χ0v) is 19.8. The first-order valence-electron chi connectivity index (χ1n) is 11.5. The van der Waals surface area contributed by atoms with Gasteiger partial charge in [-0.1, -0.05) is 12.1 Å². The Labute approximate surface area is 198 Å². The minimum atomic E-state index is -0.584. The number of hydrogen-bond acceptors (Lipinski definition) is 9. The number of imide groups is 1. The Morgan fingerprint density at radius 2 is 1.88 bits per heavy atom. The molecule has 0 bridgehead atoms. The van der Waals surface area contributed by atoms with Gasteiger partial charge in [0.1, 0.15) is 5.82 Å². The Morgan fingerprint density at radius 1 is 1.12 bits per heavy atom. The smallest absolute Gasteiger partial charge is 0.328 e. The summed E-state index contributed by atoms with van der Waals surface area (Å²) in [4.78, 5) is 48.7. The van der Waals surface area contributed by atoms with E-state index in [0.717, 1.165) is 61.0 Å². The summed E-state index contributed by atoms with van der Waals surface area (Å²) < 4.78 is 5.45. The van der Waals surface area contributed by atoms with E-state index >= 15 is 0 Å². The maximum absolute atomic E-state index is 13.0. The van der Waals surface area contributed by atoms with Crippen LogP contribution in [0.5, 0.6) is 0 Å². The number of carbonyl (C=O) groups excluding carboxylic acids is 2. The maximum atomic E-state index is 13.0. The highest BCUT2D eigenvalue weighted by Crippen LogP contribution is 2.28. The van der Waals surface area contributed by atoms with Gasteiger partial charge in [-0.3, -0.25) is 19.5 Å². The predicted molar refractivity (Wildman–Crippen MR) is 128 cm³/mol. The van der Waals surface area contributed by atoms with E-state index in [4.69, 9.17) is 14.7 Å². The van der Waals surface area contributed by atoms with E-state index in [1.165, 1.54) is 7.05 Å². The normalized spacial score (nSPS) is 23.2. The van der Waals surface area contributed by atoms with Crippen molar-refractivity contribution in [3.8, 4) is 0 Å². The number of ether oxygens (including phenoxy) is 1. The van der Waals surface area contributed by atoms with Crippen molar-refractivity contribution >= 4 is 35.0 Å². The Hall–Kier alpha value is -3.31. The van der Waals surface area contributed by atoms with E-state index in [9.17, 15) is 9.59 Å². The van der Waals surface area contributed by atoms with Crippen molar-refractivity contribution in [1.29, 1.82) is 0 Å². The first-order valence-corrected chi connectivity index (χ1v) is 11.5. The van der Waals surface area contributed by atoms with Crippen molar-refractivity contribution < 1.29 is 14.3 Å². The third kappa shape index (κ3) is 4.05. The lowest BCUT2D eigenvalue weighted by molar-refractivity contribution is -0.136. The molecule has 11 heteroatoms. The van der Waals surface area contributed by atoms with Gasteiger partial charge in [0, 0.05) is 52.7 Å². The fourth-order valence-corrected chi connectivity index (χ4v) is 4.69. The highest BCUT2D eigenvalue weighted by atomic mass is 16.5. The number of amides is 3. The molecule has 1 aromatic heterocycles. The Morgan fingerprint density at radius 3 is 2.68 bits per heavy atom. The zero-order chi connectivity index (χ0) is 23.8. The second-order valence-corrected chi connectivity index (χ2v) is 8.95. The standard InChI is InChI=1S/C23H30N8O3/c1-27(8-9-30-10-12-34-13-11-30)20-16-6-4-5-7-17(16)25-18(26-20)14-31-21-19(28(2)15-24-21)22(32)29(3)23(31)33/h4-7,15,19,21H,8-14H2,1-3H3. The average molecular weight is 467 g/mol. The molecular weight excluding hydrogens is 436 g/mol. The van der Waals surface area contributed by atoms with Gasteiger partial charge < -0.3 is 14.5 Å². The summed E-state index contributed by atoms with van der Waals surface area (Å²) in [6, 6.07) is 6.98. The van der Waals surface area contributed by atoms with Gasteiger partial charge in [-0.25, -0.2) is 19.8 Å². The maximum Gasteiger partial charge on any atom is 0.328 e. The van der Waals surface area contributed by atoms with Crippen molar-refractivity contribution in [2.75, 3.05) is 65.4 Å². The lowest BCUT2D eigenvalue weighted by Crippen LogP contribution is -2.63. The van der Waals surface area contributed by atoms with Gasteiger partial charge in [0.15, 0.2) is 18.0 Å². The molecule has 4 heterocycles. The minimum Gasteiger partial charge on any atom is -0.379 e. The van der Waals surface area contributed by atoms with E-state index in [0.29, 0.717) is 5.82 Å². The van der Waals surface area contributed by atoms with E-state index in [2.05, 4.69) is 14.8 Å². The summed E-state index contributed by atoms with van der Waals surface area (Å²) in [7, 11) is 5.33. The zero-order valence-electron chi connectivity index (χ0n) is 19.8. The number of morpholine rings is 1. The summed E-state index contributed by atoms with van der Waals surface area (Å²) in [6.07, 6.45) is 1.03. The molecule has 0 saturated carbocycles. The molecule has 2 aromatic rings. The fraction of sp³-hybridized carbons (Fsp3) is 0.522. The number of para-hydroxylation sites is 1. The molecule has 11 nitrogen and oxygen atoms in total. The second kappa shape index (κ2) is 9.15. The second-order valence-electron chi connectivity index (χ2n) is 8.95. The van der Waals surface area contributed by atoms with Crippen LogP contribution in [-0.2, 0) is 16.1 Å². The lowest BCUT2D eigenvalue weighted by atomic mass is 10.1. The SMILES string of the molecule is CN1C(=O)C2C(N=CN2C)N(Cc2nc(N(C)CCN3CCOCC3)c3ccccc3n2)C1=O. The highest BCUT2D eigenvalue weighted by Gasteiger charge is 2.49. The van der Waals surface area contributed by atoms with Crippen LogP contribution in [0.15, 0.2) is 29.3 Å². The van der Waals surface area contributed by atoms with Gasteiger partial charge in [0.05, 0.1) is 31.6 Å². The highest BCUT2D eigenvalue weighted by molar-refractivity contribution is 6.01. The van der Waals surface area contributed by atoms with Crippen LogP contribution in [0.25, 0.3) is 10.9 Å². The number of anilines is 1. The Kier molecular flexibility index (Phi) is 6.05. The van der Waals surface area contributed by atoms with Crippen LogP contribution >= 0.6 is 0 Å². The van der Waals surface area contributed by atoms with Crippen molar-refractivity contribution in [1.82, 2.24) is 29.6 Å². The number of rotatable bonds is 6. The number of benzene rings is 1. The number of likely N-dealkylation sites (N-methyl/N-ethyl adjacent to an activating group) is 3. The molecule has 3 aliphatic heterocycles. The molecule has 0 radical (unpaired) electrons. The third-order valence-electron chi connectivity index (χ3n) is 6.72. The lowest BCUT2D eigenvalue weighted by Gasteiger charge is -2.40. The fourth-order valence-electron chi connectivity index (χ4n) is 4.69. The Bertz CT molecular complexity index is 1120. The topological polar surface area (TPSA) is 97.7 Å². The summed E-state index contributed by atoms with van der Waals surface area (Å²) >= 11 is 0. The summed E-state index contributed by atoms with van der Waals surface area (Å²) in [6.45, 7) is 5.29. The molecule has 3 amide bonds. The van der Waals surface area contributed by atoms with Gasteiger partial charge in [-0.05, 0) is 12.1 Å². The molecule has 180 valence electrons. The molecule has 1 aromatic carbocycles. The monoisotopic (exact) mass is 466 g/mol. The molecule has 0 N–H and O–H groups in total. The summed E-state index contributed by atoms with van der Waals surface area (Å²) in [5, 5.41) is 0.962. The van der Waals surface area contributed by atoms with Gasteiger partial charge in [-0.15, -0.1) is 0 Å². The van der Waals surface area contributed by atoms with E-state index in [1.807, 2.05) is 31.3 Å². The average Bonchev–Trinajstić information content (AvgIpc) is 3.25. The van der Waals surface area contributed by atoms with Gasteiger partial charge in [-0.2, -0.15) is 0 Å². The van der Waals surface area contributed by atoms with Crippen molar-refractivity contribution in [3.05, 3.63) is 30.1 Å². The summed E-state index contributed by atoms with van der Waals surface area (Å²) in [5.41, 5.74) is 0.818. The molecule has 0 spiro atoms. The van der Waals surface area contributed by atoms with Gasteiger partial charge >= 0.3 is 6.03 Å². The molecule has 34 heavy (non-hydrogen) atoms. The number of aromatic nitrogens is 2. The first-order chi connectivity index (χ1) is 16.4. The molecule has 2 saturated heterocycles. The van der Waals surface area contributed by atoms with E-state index < -0.39 is 18.2 Å². The van der Waals surface area contributed by atoms with Crippen LogP contribution in [0, 0.1) is 0 Å². The van der Waals surface area contributed by atoms with Crippen LogP contribution in [0.3, 0.4) is 0 Å². The van der Waals surface area contributed by atoms with Crippen molar-refractivity contribution in [3.63, 3.8) is 0 Å². The number of aliphatic imine (C=N–C) groups is 1. The number of carbonyl (C=O) groups is 2. The Balaban J connectivity index is 1.42. The number of fused-ring (bicyclic) bond motifs is 2. The van der Waals surface area contributed by atoms with Crippen LogP contribution in [0.4, 0.5) is 10.6 Å². The largest absolute Gasteiger partial charge is 0.379 e. The first kappa shape index (κ1) is 22.5. The van der Waals surface area contributed by atoms with Crippen LogP contribution in [0.2, 0.25) is 0 Å². The van der Waals surface area contributed by atoms with Gasteiger partial charge in [0.25, 0.3) is 5.91 Å². The predicted octanol–water partition coefficient (Wildman–Crippen LogP) is 0.461. The quantitative estimate of drug-likeness (QED) is 0.606. The molecule has 2 unspecified atom stereocenters. The van der Waals surface area contributed by atoms with E-state index in [-0.39, 0.29) is 12.5 Å². The molecule has 3 aliphatic rings. The molecule has 2 atom stereocenters. The number of hydrogen-bond donors (Lipinski definition) is 0. The number of urea groups is 1. The third-order valence-corrected chi connectivity index (χ3v) is 6.72. The molecule has 2 fully saturated rings. The van der Waals surface area contributed by atoms with Crippen LogP contribution in [0.1, 0.15) is 5.82 Å². The van der Waals surface area contributed by atoms with Crippen LogP contribution in [-0.4, -0.2) is 121 Å². The van der Waals surface area contributed by atoms with Crippen LogP contribution < -0.4 is 4.90 Å². The van der Waals surface area contributed by atoms with Gasteiger partial charge in [0.2, 0.25) is 0 Å². The molecule has 0 aliphatic carbocycles. The number of nitrogens with zero attached hydrogens (tertiary/aromatic N) is 8. The molecular formula is C23H30N8O3.